The van der Waals surface area contributed by atoms with E-state index in [1.165, 1.54) is 42.9 Å². The highest BCUT2D eigenvalue weighted by Crippen LogP contribution is 2.38. The van der Waals surface area contributed by atoms with Gasteiger partial charge in [-0.2, -0.15) is 0 Å². The quantitative estimate of drug-likeness (QED) is 0.401. The van der Waals surface area contributed by atoms with Gasteiger partial charge >= 0.3 is 5.84 Å². The molecule has 0 bridgehead atoms. The third-order valence-electron chi connectivity index (χ3n) is 5.60. The largest absolute Gasteiger partial charge is 0.399 e. The minimum atomic E-state index is -3.97. The number of hydrogen-bond acceptors (Lipinski definition) is 8. The molecule has 0 fully saturated rings. The van der Waals surface area contributed by atoms with Gasteiger partial charge in [-0.05, 0) is 70.4 Å². The van der Waals surface area contributed by atoms with Crippen LogP contribution in [-0.4, -0.2) is 37.0 Å². The van der Waals surface area contributed by atoms with Crippen molar-refractivity contribution in [3.63, 3.8) is 0 Å². The van der Waals surface area contributed by atoms with Crippen molar-refractivity contribution in [2.45, 2.75) is 24.2 Å². The molecule has 3 aliphatic rings. The predicted octanol–water partition coefficient (Wildman–Crippen LogP) is 1.86. The summed E-state index contributed by atoms with van der Waals surface area (Å²) in [7, 11) is -3.97. The van der Waals surface area contributed by atoms with E-state index in [1.807, 2.05) is 26.0 Å². The summed E-state index contributed by atoms with van der Waals surface area (Å²) in [5, 5.41) is 10.4. The van der Waals surface area contributed by atoms with Crippen LogP contribution in [0.3, 0.4) is 0 Å². The van der Waals surface area contributed by atoms with Crippen LogP contribution in [0.1, 0.15) is 19.4 Å². The topological polar surface area (TPSA) is 150 Å². The fraction of sp³-hybridized carbons (Fsp3) is 0.143. The van der Waals surface area contributed by atoms with E-state index in [4.69, 9.17) is 5.73 Å². The SMILES string of the molecule is CC1(C)C(=O)Nc2cc(NC3=N[N+]4(NS(=O)(=O)c5ccc(N)cc5)C=CN=CC4=N3)ccc21. The number of amides is 1. The molecule has 1 atom stereocenters. The van der Waals surface area contributed by atoms with Crippen LogP contribution in [0.2, 0.25) is 0 Å². The van der Waals surface area contributed by atoms with Crippen LogP contribution in [0, 0.1) is 0 Å². The minimum Gasteiger partial charge on any atom is -0.399 e. The zero-order chi connectivity index (χ0) is 23.4. The molecule has 0 aliphatic carbocycles. The predicted molar refractivity (Wildman–Crippen MR) is 126 cm³/mol. The Bertz CT molecular complexity index is 1410. The number of anilines is 3. The smallest absolute Gasteiger partial charge is 0.302 e. The molecule has 0 radical (unpaired) electrons. The number of quaternary nitrogens is 1. The number of guanidine groups is 1. The molecule has 11 nitrogen and oxygen atoms in total. The lowest BCUT2D eigenvalue weighted by Gasteiger charge is -2.23. The van der Waals surface area contributed by atoms with Gasteiger partial charge in [0.2, 0.25) is 5.91 Å². The number of aliphatic imine (C=N–C) groups is 2. The molecule has 5 rings (SSSR count). The first kappa shape index (κ1) is 21.0. The monoisotopic (exact) mass is 465 g/mol. The highest BCUT2D eigenvalue weighted by atomic mass is 32.2. The summed E-state index contributed by atoms with van der Waals surface area (Å²) in [6, 6.07) is 11.3. The van der Waals surface area contributed by atoms with Crippen LogP contribution < -0.4 is 21.2 Å². The van der Waals surface area contributed by atoms with E-state index in [1.54, 1.807) is 6.07 Å². The number of benzene rings is 2. The Morgan fingerprint density at radius 3 is 2.64 bits per heavy atom. The van der Waals surface area contributed by atoms with E-state index in [0.717, 1.165) is 5.56 Å². The second-order valence-corrected chi connectivity index (χ2v) is 9.94. The van der Waals surface area contributed by atoms with Crippen molar-refractivity contribution in [2.75, 3.05) is 16.4 Å². The lowest BCUT2D eigenvalue weighted by atomic mass is 9.86. The highest BCUT2D eigenvalue weighted by Gasteiger charge is 2.45. The molecule has 5 N–H and O–H groups in total. The van der Waals surface area contributed by atoms with Crippen molar-refractivity contribution in [3.8, 4) is 0 Å². The molecule has 12 heteroatoms. The van der Waals surface area contributed by atoms with Crippen molar-refractivity contribution in [1.82, 2.24) is 4.83 Å². The average molecular weight is 466 g/mol. The van der Waals surface area contributed by atoms with E-state index in [-0.39, 0.29) is 22.6 Å². The molecular formula is C21H21N8O3S+. The Hall–Kier alpha value is -3.87. The molecule has 1 unspecified atom stereocenters. The number of sulfonamides is 1. The summed E-state index contributed by atoms with van der Waals surface area (Å²) in [6.07, 6.45) is 4.33. The molecule has 1 amide bonds. The normalized spacial score (nSPS) is 22.3. The Balaban J connectivity index is 1.45. The summed E-state index contributed by atoms with van der Waals surface area (Å²) in [5.41, 5.74) is 7.73. The Kier molecular flexibility index (Phi) is 4.50. The lowest BCUT2D eigenvalue weighted by molar-refractivity contribution is -0.822. The molecule has 2 aromatic rings. The van der Waals surface area contributed by atoms with Crippen LogP contribution in [0.15, 0.2) is 74.8 Å². The molecule has 2 aromatic carbocycles. The van der Waals surface area contributed by atoms with Gasteiger partial charge in [0.15, 0.2) is 6.20 Å². The maximum Gasteiger partial charge on any atom is 0.302 e. The van der Waals surface area contributed by atoms with Crippen molar-refractivity contribution >= 4 is 51.0 Å². The third-order valence-corrected chi connectivity index (χ3v) is 7.01. The summed E-state index contributed by atoms with van der Waals surface area (Å²) >= 11 is 0. The number of nitrogen functional groups attached to an aromatic ring is 1. The number of carbonyl (C=O) groups is 1. The number of fused-ring (bicyclic) bond motifs is 2. The standard InChI is InChI=1S/C21H20N8O3S/c1-21(2)16-8-5-14(11-17(16)25-19(21)30)24-20-26-18-12-23-9-10-29(18,27-20)28-33(31,32)15-6-3-13(22)4-7-15/h3-12,28H,22H2,1-2H3,(H-,24,25,27,30)/p+1. The Morgan fingerprint density at radius 2 is 1.88 bits per heavy atom. The molecule has 3 aliphatic heterocycles. The van der Waals surface area contributed by atoms with Crippen molar-refractivity contribution < 1.29 is 17.9 Å². The number of amidine groups is 1. The van der Waals surface area contributed by atoms with E-state index >= 15 is 0 Å². The number of nitrogens with zero attached hydrogens (tertiary/aromatic N) is 4. The van der Waals surface area contributed by atoms with E-state index in [0.29, 0.717) is 17.1 Å². The maximum atomic E-state index is 13.0. The molecule has 0 saturated heterocycles. The van der Waals surface area contributed by atoms with Gasteiger partial charge in [-0.25, -0.2) is 8.42 Å². The van der Waals surface area contributed by atoms with Gasteiger partial charge in [-0.15, -0.1) is 4.99 Å². The molecule has 3 heterocycles. The fourth-order valence-electron chi connectivity index (χ4n) is 3.71. The number of hydrogen-bond donors (Lipinski definition) is 4. The van der Waals surface area contributed by atoms with Crippen LogP contribution in [0.25, 0.3) is 0 Å². The Morgan fingerprint density at radius 1 is 1.12 bits per heavy atom. The fourth-order valence-corrected chi connectivity index (χ4v) is 4.87. The van der Waals surface area contributed by atoms with E-state index in [2.05, 4.69) is 30.6 Å². The first-order valence-corrected chi connectivity index (χ1v) is 11.5. The maximum absolute atomic E-state index is 13.0. The molecule has 33 heavy (non-hydrogen) atoms. The second kappa shape index (κ2) is 7.07. The van der Waals surface area contributed by atoms with Gasteiger partial charge in [-0.1, -0.05) is 6.07 Å². The number of rotatable bonds is 4. The van der Waals surface area contributed by atoms with Gasteiger partial charge in [-0.3, -0.25) is 9.79 Å². The summed E-state index contributed by atoms with van der Waals surface area (Å²) in [5.74, 6) is 0.356. The molecule has 0 spiro atoms. The molecule has 0 aromatic heterocycles. The van der Waals surface area contributed by atoms with Crippen molar-refractivity contribution in [2.24, 2.45) is 15.1 Å². The number of nitrogens with two attached hydrogens (primary N) is 1. The zero-order valence-electron chi connectivity index (χ0n) is 17.8. The van der Waals surface area contributed by atoms with Crippen LogP contribution in [-0.2, 0) is 20.2 Å². The first-order valence-electron chi connectivity index (χ1n) is 10.0. The number of nitrogens with one attached hydrogen (secondary N) is 3. The van der Waals surface area contributed by atoms with E-state index in [9.17, 15) is 13.2 Å². The summed E-state index contributed by atoms with van der Waals surface area (Å²) in [4.78, 5) is 23.2. The van der Waals surface area contributed by atoms with Gasteiger partial charge in [0.1, 0.15) is 6.21 Å². The summed E-state index contributed by atoms with van der Waals surface area (Å²) < 4.78 is 25.4. The van der Waals surface area contributed by atoms with Crippen LogP contribution >= 0.6 is 0 Å². The minimum absolute atomic E-state index is 0.0352. The molecular weight excluding hydrogens is 444 g/mol. The van der Waals surface area contributed by atoms with Crippen molar-refractivity contribution in [1.29, 1.82) is 0 Å². The molecule has 0 saturated carbocycles. The first-order chi connectivity index (χ1) is 15.6. The van der Waals surface area contributed by atoms with Crippen molar-refractivity contribution in [3.05, 3.63) is 60.4 Å². The zero-order valence-corrected chi connectivity index (χ0v) is 18.6. The number of carbonyl (C=O) groups excluding carboxylic acids is 1. The van der Waals surface area contributed by atoms with E-state index < -0.39 is 20.1 Å². The third kappa shape index (κ3) is 3.50. The van der Waals surface area contributed by atoms with Gasteiger partial charge < -0.3 is 16.4 Å². The highest BCUT2D eigenvalue weighted by molar-refractivity contribution is 7.89. The van der Waals surface area contributed by atoms with Crippen LogP contribution in [0.4, 0.5) is 17.1 Å². The van der Waals surface area contributed by atoms with Gasteiger partial charge in [0.05, 0.1) is 16.5 Å². The molecule has 168 valence electrons. The van der Waals surface area contributed by atoms with Gasteiger partial charge in [0, 0.05) is 17.1 Å². The second-order valence-electron chi connectivity index (χ2n) is 8.28. The lowest BCUT2D eigenvalue weighted by Crippen LogP contribution is -2.56. The Labute approximate surface area is 190 Å². The van der Waals surface area contributed by atoms with Gasteiger partial charge in [0.25, 0.3) is 16.0 Å². The summed E-state index contributed by atoms with van der Waals surface area (Å²) in [6.45, 7) is 3.72. The average Bonchev–Trinajstić information content (AvgIpc) is 3.21. The van der Waals surface area contributed by atoms with Crippen LogP contribution in [0.5, 0.6) is 0 Å².